The molecule has 2 aliphatic rings. The van der Waals surface area contributed by atoms with E-state index in [2.05, 4.69) is 4.90 Å². The van der Waals surface area contributed by atoms with Crippen molar-refractivity contribution < 1.29 is 4.79 Å². The summed E-state index contributed by atoms with van der Waals surface area (Å²) in [5.41, 5.74) is 7.09. The molecule has 0 aromatic heterocycles. The van der Waals surface area contributed by atoms with E-state index in [-0.39, 0.29) is 30.7 Å². The van der Waals surface area contributed by atoms with Gasteiger partial charge in [0.05, 0.1) is 5.56 Å². The molecule has 2 N–H and O–H groups in total. The number of nitrogens with zero attached hydrogens (tertiary/aromatic N) is 2. The maximum Gasteiger partial charge on any atom is 0.256 e. The zero-order valence-corrected chi connectivity index (χ0v) is 13.7. The molecule has 2 fully saturated rings. The lowest BCUT2D eigenvalue weighted by Crippen LogP contribution is -2.53. The van der Waals surface area contributed by atoms with Crippen molar-refractivity contribution in [2.75, 3.05) is 31.9 Å². The Morgan fingerprint density at radius 1 is 1.05 bits per heavy atom. The summed E-state index contributed by atoms with van der Waals surface area (Å²) in [6.45, 7) is 3.65. The van der Waals surface area contributed by atoms with Crippen molar-refractivity contribution in [2.24, 2.45) is 0 Å². The predicted octanol–water partition coefficient (Wildman–Crippen LogP) is 2.42. The van der Waals surface area contributed by atoms with Gasteiger partial charge in [-0.2, -0.15) is 0 Å². The van der Waals surface area contributed by atoms with Gasteiger partial charge >= 0.3 is 0 Å². The zero-order chi connectivity index (χ0) is 13.2. The molecule has 0 atom stereocenters. The van der Waals surface area contributed by atoms with Crippen molar-refractivity contribution in [2.45, 2.75) is 25.3 Å². The average molecular weight is 332 g/mol. The minimum Gasteiger partial charge on any atom is -0.398 e. The van der Waals surface area contributed by atoms with Crippen molar-refractivity contribution in [3.05, 3.63) is 29.8 Å². The topological polar surface area (TPSA) is 49.6 Å². The highest BCUT2D eigenvalue weighted by Gasteiger charge is 2.29. The molecular weight excluding hydrogens is 309 g/mol. The number of rotatable bonds is 2. The number of amides is 1. The van der Waals surface area contributed by atoms with E-state index < -0.39 is 0 Å². The van der Waals surface area contributed by atoms with Gasteiger partial charge in [-0.05, 0) is 25.0 Å². The smallest absolute Gasteiger partial charge is 0.256 e. The van der Waals surface area contributed by atoms with Crippen LogP contribution in [-0.4, -0.2) is 47.9 Å². The Kier molecular flexibility index (Phi) is 6.78. The van der Waals surface area contributed by atoms with Crippen LogP contribution in [0.1, 0.15) is 29.6 Å². The fourth-order valence-electron chi connectivity index (χ4n) is 2.90. The summed E-state index contributed by atoms with van der Waals surface area (Å²) in [4.78, 5) is 16.9. The van der Waals surface area contributed by atoms with Gasteiger partial charge in [0, 0.05) is 37.9 Å². The Labute approximate surface area is 138 Å². The molecule has 1 amide bonds. The van der Waals surface area contributed by atoms with E-state index in [1.165, 1.54) is 19.3 Å². The third-order valence-corrected chi connectivity index (χ3v) is 4.38. The first kappa shape index (κ1) is 18.1. The van der Waals surface area contributed by atoms with E-state index in [4.69, 9.17) is 5.73 Å². The molecular formula is C15H23Cl2N3O. The standard InChI is InChI=1S/C15H21N3O.2ClH/c16-14-7-2-1-6-13(14)15(19)18-10-8-17(9-11-18)12-4-3-5-12;;/h1-2,6-7,12H,3-5,8-11,16H2;2*1H. The maximum atomic E-state index is 12.4. The lowest BCUT2D eigenvalue weighted by Gasteiger charge is -2.43. The number of carbonyl (C=O) groups excluding carboxylic acids is 1. The van der Waals surface area contributed by atoms with Gasteiger partial charge in [0.1, 0.15) is 0 Å². The van der Waals surface area contributed by atoms with Gasteiger partial charge in [0.25, 0.3) is 5.91 Å². The molecule has 0 bridgehead atoms. The predicted molar refractivity (Wildman–Crippen MR) is 90.5 cm³/mol. The number of nitrogen functional groups attached to an aromatic ring is 1. The Hall–Kier alpha value is -0.970. The summed E-state index contributed by atoms with van der Waals surface area (Å²) in [6, 6.07) is 8.11. The number of para-hydroxylation sites is 1. The Morgan fingerprint density at radius 2 is 1.67 bits per heavy atom. The van der Waals surface area contributed by atoms with Crippen molar-refractivity contribution in [1.82, 2.24) is 9.80 Å². The fourth-order valence-corrected chi connectivity index (χ4v) is 2.90. The van der Waals surface area contributed by atoms with Crippen LogP contribution in [0.2, 0.25) is 0 Å². The third-order valence-electron chi connectivity index (χ3n) is 4.38. The number of halogens is 2. The molecule has 1 aliphatic heterocycles. The zero-order valence-electron chi connectivity index (χ0n) is 12.0. The molecule has 1 aromatic carbocycles. The van der Waals surface area contributed by atoms with E-state index in [0.717, 1.165) is 32.2 Å². The van der Waals surface area contributed by atoms with Crippen molar-refractivity contribution >= 4 is 36.4 Å². The number of anilines is 1. The highest BCUT2D eigenvalue weighted by molar-refractivity contribution is 5.99. The van der Waals surface area contributed by atoms with E-state index in [9.17, 15) is 4.79 Å². The highest BCUT2D eigenvalue weighted by atomic mass is 35.5. The van der Waals surface area contributed by atoms with Gasteiger partial charge in [-0.1, -0.05) is 18.6 Å². The maximum absolute atomic E-state index is 12.4. The number of piperazine rings is 1. The first-order valence-corrected chi connectivity index (χ1v) is 7.13. The van der Waals surface area contributed by atoms with Crippen LogP contribution in [0.25, 0.3) is 0 Å². The number of carbonyl (C=O) groups is 1. The second kappa shape index (κ2) is 7.87. The van der Waals surface area contributed by atoms with Crippen molar-refractivity contribution in [3.8, 4) is 0 Å². The molecule has 0 spiro atoms. The van der Waals surface area contributed by atoms with Gasteiger partial charge in [-0.3, -0.25) is 9.69 Å². The Bertz CT molecular complexity index is 472. The monoisotopic (exact) mass is 331 g/mol. The number of hydrogen-bond donors (Lipinski definition) is 1. The molecule has 1 aromatic rings. The summed E-state index contributed by atoms with van der Waals surface area (Å²) in [6.07, 6.45) is 4.03. The molecule has 3 rings (SSSR count). The van der Waals surface area contributed by atoms with Crippen LogP contribution < -0.4 is 5.73 Å². The summed E-state index contributed by atoms with van der Waals surface area (Å²) in [5, 5.41) is 0. The normalized spacial score (nSPS) is 19.1. The van der Waals surface area contributed by atoms with Crippen LogP contribution in [0, 0.1) is 0 Å². The van der Waals surface area contributed by atoms with Gasteiger partial charge in [-0.15, -0.1) is 24.8 Å². The average Bonchev–Trinajstić information content (AvgIpc) is 2.37. The van der Waals surface area contributed by atoms with Crippen molar-refractivity contribution in [1.29, 1.82) is 0 Å². The molecule has 118 valence electrons. The van der Waals surface area contributed by atoms with Crippen LogP contribution in [0.15, 0.2) is 24.3 Å². The second-order valence-corrected chi connectivity index (χ2v) is 5.50. The van der Waals surface area contributed by atoms with Crippen LogP contribution in [0.5, 0.6) is 0 Å². The number of hydrogen-bond acceptors (Lipinski definition) is 3. The minimum atomic E-state index is 0. The summed E-state index contributed by atoms with van der Waals surface area (Å²) in [7, 11) is 0. The molecule has 1 aliphatic carbocycles. The molecule has 4 nitrogen and oxygen atoms in total. The van der Waals surface area contributed by atoms with Crippen LogP contribution in [0.3, 0.4) is 0 Å². The molecule has 6 heteroatoms. The summed E-state index contributed by atoms with van der Waals surface area (Å²) >= 11 is 0. The molecule has 0 unspecified atom stereocenters. The van der Waals surface area contributed by atoms with Crippen LogP contribution in [0.4, 0.5) is 5.69 Å². The van der Waals surface area contributed by atoms with Crippen molar-refractivity contribution in [3.63, 3.8) is 0 Å². The van der Waals surface area contributed by atoms with Gasteiger partial charge in [0.15, 0.2) is 0 Å². The fraction of sp³-hybridized carbons (Fsp3) is 0.533. The quantitative estimate of drug-likeness (QED) is 0.846. The van der Waals surface area contributed by atoms with E-state index in [0.29, 0.717) is 11.3 Å². The molecule has 1 saturated carbocycles. The van der Waals surface area contributed by atoms with Gasteiger partial charge in [0.2, 0.25) is 0 Å². The van der Waals surface area contributed by atoms with Crippen LogP contribution in [-0.2, 0) is 0 Å². The van der Waals surface area contributed by atoms with Gasteiger partial charge < -0.3 is 10.6 Å². The Morgan fingerprint density at radius 3 is 2.19 bits per heavy atom. The Balaban J connectivity index is 0.00000110. The second-order valence-electron chi connectivity index (χ2n) is 5.50. The minimum absolute atomic E-state index is 0. The molecule has 0 radical (unpaired) electrons. The lowest BCUT2D eigenvalue weighted by atomic mass is 9.91. The van der Waals surface area contributed by atoms with E-state index >= 15 is 0 Å². The summed E-state index contributed by atoms with van der Waals surface area (Å²) in [5.74, 6) is 0.0753. The highest BCUT2D eigenvalue weighted by Crippen LogP contribution is 2.26. The first-order chi connectivity index (χ1) is 9.25. The van der Waals surface area contributed by atoms with Gasteiger partial charge in [-0.25, -0.2) is 0 Å². The van der Waals surface area contributed by atoms with E-state index in [1.54, 1.807) is 6.07 Å². The number of nitrogens with two attached hydrogens (primary N) is 1. The summed E-state index contributed by atoms with van der Waals surface area (Å²) < 4.78 is 0. The number of benzene rings is 1. The SMILES string of the molecule is Cl.Cl.Nc1ccccc1C(=O)N1CCN(C2CCC2)CC1. The first-order valence-electron chi connectivity index (χ1n) is 7.13. The van der Waals surface area contributed by atoms with Crippen LogP contribution >= 0.6 is 24.8 Å². The molecule has 21 heavy (non-hydrogen) atoms. The van der Waals surface area contributed by atoms with E-state index in [1.807, 2.05) is 23.1 Å². The molecule has 1 saturated heterocycles. The lowest BCUT2D eigenvalue weighted by molar-refractivity contribution is 0.0456. The third kappa shape index (κ3) is 3.82. The molecule has 1 heterocycles. The largest absolute Gasteiger partial charge is 0.398 e.